The third-order valence-electron chi connectivity index (χ3n) is 6.33. The second kappa shape index (κ2) is 6.25. The lowest BCUT2D eigenvalue weighted by atomic mass is 9.79. The summed E-state index contributed by atoms with van der Waals surface area (Å²) in [5, 5.41) is 3.49. The molecule has 1 N–H and O–H groups in total. The van der Waals surface area contributed by atoms with Crippen molar-refractivity contribution >= 4 is 5.91 Å². The van der Waals surface area contributed by atoms with Crippen LogP contribution in [0.4, 0.5) is 0 Å². The van der Waals surface area contributed by atoms with Gasteiger partial charge in [-0.3, -0.25) is 9.69 Å². The molecule has 2 bridgehead atoms. The lowest BCUT2D eigenvalue weighted by Gasteiger charge is -2.38. The number of amides is 1. The van der Waals surface area contributed by atoms with Gasteiger partial charge in [0.15, 0.2) is 0 Å². The molecule has 1 aliphatic carbocycles. The van der Waals surface area contributed by atoms with Gasteiger partial charge >= 0.3 is 0 Å². The van der Waals surface area contributed by atoms with Gasteiger partial charge in [0.05, 0.1) is 0 Å². The molecule has 3 fully saturated rings. The van der Waals surface area contributed by atoms with Gasteiger partial charge in [-0.05, 0) is 46.2 Å². The Bertz CT molecular complexity index is 378. The zero-order valence-corrected chi connectivity index (χ0v) is 13.7. The Morgan fingerprint density at radius 1 is 1.14 bits per heavy atom. The zero-order valence-electron chi connectivity index (χ0n) is 13.7. The average molecular weight is 293 g/mol. The number of hydrogen-bond donors (Lipinski definition) is 1. The average Bonchev–Trinajstić information content (AvgIpc) is 2.73. The maximum atomic E-state index is 12.8. The molecule has 0 spiro atoms. The summed E-state index contributed by atoms with van der Waals surface area (Å²) in [6.07, 6.45) is 10.6. The summed E-state index contributed by atoms with van der Waals surface area (Å²) in [4.78, 5) is 17.5. The standard InChI is InChI=1S/C17H31N3O/c1-18-17(9-4-3-5-10-17)12-16(21)20-11-8-14-6-7-15(13-20)19(14)2/h14-15,18H,3-13H2,1-2H3. The van der Waals surface area contributed by atoms with Crippen LogP contribution < -0.4 is 5.32 Å². The van der Waals surface area contributed by atoms with Crippen molar-refractivity contribution in [3.8, 4) is 0 Å². The van der Waals surface area contributed by atoms with Crippen molar-refractivity contribution in [1.82, 2.24) is 15.1 Å². The fourth-order valence-electron chi connectivity index (χ4n) is 4.68. The first-order valence-corrected chi connectivity index (χ1v) is 8.82. The lowest BCUT2D eigenvalue weighted by molar-refractivity contribution is -0.133. The summed E-state index contributed by atoms with van der Waals surface area (Å²) >= 11 is 0. The first-order valence-electron chi connectivity index (χ1n) is 8.82. The van der Waals surface area contributed by atoms with Gasteiger partial charge in [0, 0.05) is 37.1 Å². The maximum absolute atomic E-state index is 12.8. The Hall–Kier alpha value is -0.610. The summed E-state index contributed by atoms with van der Waals surface area (Å²) in [6, 6.07) is 1.30. The predicted octanol–water partition coefficient (Wildman–Crippen LogP) is 1.99. The van der Waals surface area contributed by atoms with Crippen molar-refractivity contribution in [2.45, 2.75) is 75.4 Å². The van der Waals surface area contributed by atoms with Crippen LogP contribution in [0.15, 0.2) is 0 Å². The fraction of sp³-hybridized carbons (Fsp3) is 0.941. The molecule has 0 aromatic heterocycles. The zero-order chi connectivity index (χ0) is 14.9. The molecule has 120 valence electrons. The molecule has 2 atom stereocenters. The number of nitrogens with zero attached hydrogens (tertiary/aromatic N) is 2. The third kappa shape index (κ3) is 3.11. The Morgan fingerprint density at radius 2 is 1.86 bits per heavy atom. The highest BCUT2D eigenvalue weighted by molar-refractivity contribution is 5.77. The molecule has 21 heavy (non-hydrogen) atoms. The highest BCUT2D eigenvalue weighted by Crippen LogP contribution is 2.33. The van der Waals surface area contributed by atoms with Crippen LogP contribution in [0.1, 0.15) is 57.8 Å². The molecule has 3 rings (SSSR count). The van der Waals surface area contributed by atoms with Gasteiger partial charge in [0.2, 0.25) is 5.91 Å². The van der Waals surface area contributed by atoms with Gasteiger partial charge < -0.3 is 10.2 Å². The van der Waals surface area contributed by atoms with Crippen LogP contribution in [0.2, 0.25) is 0 Å². The van der Waals surface area contributed by atoms with Gasteiger partial charge in [0.25, 0.3) is 0 Å². The third-order valence-corrected chi connectivity index (χ3v) is 6.33. The summed E-state index contributed by atoms with van der Waals surface area (Å²) in [5.41, 5.74) is 0.0759. The number of nitrogens with one attached hydrogen (secondary N) is 1. The second-order valence-corrected chi connectivity index (χ2v) is 7.45. The van der Waals surface area contributed by atoms with E-state index in [1.807, 2.05) is 7.05 Å². The van der Waals surface area contributed by atoms with E-state index in [9.17, 15) is 4.79 Å². The normalized spacial score (nSPS) is 33.0. The molecule has 1 saturated carbocycles. The smallest absolute Gasteiger partial charge is 0.224 e. The molecule has 2 heterocycles. The fourth-order valence-corrected chi connectivity index (χ4v) is 4.68. The number of hydrogen-bond acceptors (Lipinski definition) is 3. The molecule has 3 aliphatic rings. The van der Waals surface area contributed by atoms with E-state index in [2.05, 4.69) is 22.2 Å². The number of likely N-dealkylation sites (N-methyl/N-ethyl adjacent to an activating group) is 1. The highest BCUT2D eigenvalue weighted by Gasteiger charge is 2.38. The van der Waals surface area contributed by atoms with Crippen LogP contribution in [0.5, 0.6) is 0 Å². The van der Waals surface area contributed by atoms with Crippen molar-refractivity contribution in [3.05, 3.63) is 0 Å². The van der Waals surface area contributed by atoms with E-state index in [-0.39, 0.29) is 5.54 Å². The number of rotatable bonds is 3. The van der Waals surface area contributed by atoms with Crippen LogP contribution in [0.3, 0.4) is 0 Å². The molecule has 0 aromatic rings. The molecule has 0 radical (unpaired) electrons. The van der Waals surface area contributed by atoms with E-state index in [4.69, 9.17) is 0 Å². The Morgan fingerprint density at radius 3 is 2.57 bits per heavy atom. The van der Waals surface area contributed by atoms with E-state index >= 15 is 0 Å². The van der Waals surface area contributed by atoms with E-state index in [1.165, 1.54) is 32.1 Å². The minimum atomic E-state index is 0.0759. The molecule has 2 unspecified atom stereocenters. The summed E-state index contributed by atoms with van der Waals surface area (Å²) < 4.78 is 0. The summed E-state index contributed by atoms with van der Waals surface area (Å²) in [7, 11) is 4.28. The van der Waals surface area contributed by atoms with Crippen molar-refractivity contribution in [3.63, 3.8) is 0 Å². The minimum absolute atomic E-state index is 0.0759. The Balaban J connectivity index is 1.62. The molecule has 2 aliphatic heterocycles. The molecule has 0 aromatic carbocycles. The number of carbonyl (C=O) groups is 1. The van der Waals surface area contributed by atoms with E-state index < -0.39 is 0 Å². The van der Waals surface area contributed by atoms with E-state index in [0.717, 1.165) is 32.4 Å². The Kier molecular flexibility index (Phi) is 4.55. The van der Waals surface area contributed by atoms with Crippen LogP contribution >= 0.6 is 0 Å². The molecule has 4 nitrogen and oxygen atoms in total. The molecular weight excluding hydrogens is 262 g/mol. The Labute approximate surface area is 129 Å². The minimum Gasteiger partial charge on any atom is -0.341 e. The number of likely N-dealkylation sites (tertiary alicyclic amines) is 1. The lowest BCUT2D eigenvalue weighted by Crippen LogP contribution is -2.50. The molecule has 1 amide bonds. The van der Waals surface area contributed by atoms with E-state index in [1.54, 1.807) is 0 Å². The van der Waals surface area contributed by atoms with Crippen molar-refractivity contribution in [2.24, 2.45) is 0 Å². The van der Waals surface area contributed by atoms with Crippen LogP contribution in [0, 0.1) is 0 Å². The van der Waals surface area contributed by atoms with Gasteiger partial charge in [-0.15, -0.1) is 0 Å². The van der Waals surface area contributed by atoms with Gasteiger partial charge in [0.1, 0.15) is 0 Å². The molecule has 4 heteroatoms. The van der Waals surface area contributed by atoms with Crippen LogP contribution in [-0.4, -0.2) is 60.5 Å². The topological polar surface area (TPSA) is 35.6 Å². The largest absolute Gasteiger partial charge is 0.341 e. The van der Waals surface area contributed by atoms with E-state index in [0.29, 0.717) is 24.4 Å². The highest BCUT2D eigenvalue weighted by atomic mass is 16.2. The van der Waals surface area contributed by atoms with Crippen molar-refractivity contribution < 1.29 is 4.79 Å². The van der Waals surface area contributed by atoms with Gasteiger partial charge in [-0.1, -0.05) is 19.3 Å². The monoisotopic (exact) mass is 293 g/mol. The molecule has 2 saturated heterocycles. The van der Waals surface area contributed by atoms with Crippen molar-refractivity contribution in [2.75, 3.05) is 27.2 Å². The van der Waals surface area contributed by atoms with Gasteiger partial charge in [-0.2, -0.15) is 0 Å². The van der Waals surface area contributed by atoms with Crippen molar-refractivity contribution in [1.29, 1.82) is 0 Å². The first-order chi connectivity index (χ1) is 10.1. The molecular formula is C17H31N3O. The van der Waals surface area contributed by atoms with Gasteiger partial charge in [-0.25, -0.2) is 0 Å². The predicted molar refractivity (Wildman–Crippen MR) is 85.3 cm³/mol. The summed E-state index contributed by atoms with van der Waals surface area (Å²) in [6.45, 7) is 1.91. The second-order valence-electron chi connectivity index (χ2n) is 7.45. The SMILES string of the molecule is CNC1(CC(=O)N2CCC3CCC(C2)N3C)CCCCC1. The quantitative estimate of drug-likeness (QED) is 0.864. The van der Waals surface area contributed by atoms with Crippen LogP contribution in [0.25, 0.3) is 0 Å². The first kappa shape index (κ1) is 15.3. The summed E-state index contributed by atoms with van der Waals surface area (Å²) in [5.74, 6) is 0.382. The van der Waals surface area contributed by atoms with Crippen LogP contribution in [-0.2, 0) is 4.79 Å². The number of fused-ring (bicyclic) bond motifs is 2. The maximum Gasteiger partial charge on any atom is 0.224 e. The number of carbonyl (C=O) groups excluding carboxylic acids is 1.